The van der Waals surface area contributed by atoms with E-state index in [-0.39, 0.29) is 29.8 Å². The summed E-state index contributed by atoms with van der Waals surface area (Å²) >= 11 is 0. The first-order valence-corrected chi connectivity index (χ1v) is 9.99. The van der Waals surface area contributed by atoms with Crippen LogP contribution in [0.3, 0.4) is 0 Å². The lowest BCUT2D eigenvalue weighted by atomic mass is 10.1. The van der Waals surface area contributed by atoms with Gasteiger partial charge in [0, 0.05) is 18.7 Å². The molecule has 0 fully saturated rings. The zero-order chi connectivity index (χ0) is 19.0. The highest BCUT2D eigenvalue weighted by Gasteiger charge is 2.17. The predicted octanol–water partition coefficient (Wildman–Crippen LogP) is 2.23. The summed E-state index contributed by atoms with van der Waals surface area (Å²) < 4.78 is 27.6. The number of amides is 1. The van der Waals surface area contributed by atoms with Crippen LogP contribution in [-0.4, -0.2) is 34.5 Å². The summed E-state index contributed by atoms with van der Waals surface area (Å²) in [4.78, 5) is 12.4. The van der Waals surface area contributed by atoms with Gasteiger partial charge in [-0.05, 0) is 50.2 Å². The van der Waals surface area contributed by atoms with Crippen molar-refractivity contribution in [1.29, 1.82) is 0 Å². The van der Waals surface area contributed by atoms with E-state index in [0.717, 1.165) is 24.1 Å². The van der Waals surface area contributed by atoms with Crippen LogP contribution in [0, 0.1) is 6.92 Å². The third kappa shape index (κ3) is 6.95. The third-order valence-electron chi connectivity index (χ3n) is 3.96. The Bertz CT molecular complexity index is 843. The molecule has 0 aliphatic rings. The van der Waals surface area contributed by atoms with Gasteiger partial charge < -0.3 is 10.6 Å². The minimum Gasteiger partial charge on any atom is -0.352 e. The summed E-state index contributed by atoms with van der Waals surface area (Å²) in [5, 5.41) is 5.83. The molecule has 2 aromatic rings. The number of nitrogens with one attached hydrogen (secondary N) is 3. The van der Waals surface area contributed by atoms with E-state index in [1.54, 1.807) is 13.0 Å². The van der Waals surface area contributed by atoms with E-state index in [1.807, 2.05) is 37.4 Å². The summed E-state index contributed by atoms with van der Waals surface area (Å²) in [5.74, 6) is -0.265. The lowest BCUT2D eigenvalue weighted by Crippen LogP contribution is -2.28. The molecular weight excluding hydrogens is 386 g/mol. The number of carbonyl (C=O) groups is 1. The number of aryl methyl sites for hydroxylation is 1. The number of hydrogen-bond acceptors (Lipinski definition) is 4. The fourth-order valence-electron chi connectivity index (χ4n) is 2.43. The van der Waals surface area contributed by atoms with Gasteiger partial charge in [0.05, 0.1) is 4.90 Å². The zero-order valence-corrected chi connectivity index (χ0v) is 17.1. The van der Waals surface area contributed by atoms with Gasteiger partial charge in [0.25, 0.3) is 5.91 Å². The van der Waals surface area contributed by atoms with E-state index < -0.39 is 10.0 Å². The fraction of sp³-hybridized carbons (Fsp3) is 0.316. The minimum atomic E-state index is -3.70. The van der Waals surface area contributed by atoms with Crippen molar-refractivity contribution in [2.75, 3.05) is 20.1 Å². The number of carbonyl (C=O) groups excluding carboxylic acids is 1. The van der Waals surface area contributed by atoms with Crippen LogP contribution in [0.5, 0.6) is 0 Å². The van der Waals surface area contributed by atoms with Crippen LogP contribution >= 0.6 is 12.4 Å². The zero-order valence-electron chi connectivity index (χ0n) is 15.5. The van der Waals surface area contributed by atoms with Gasteiger partial charge in [0.2, 0.25) is 10.0 Å². The monoisotopic (exact) mass is 411 g/mol. The van der Waals surface area contributed by atoms with Crippen molar-refractivity contribution in [3.8, 4) is 0 Å². The van der Waals surface area contributed by atoms with Crippen LogP contribution < -0.4 is 15.4 Å². The first-order valence-electron chi connectivity index (χ1n) is 8.51. The van der Waals surface area contributed by atoms with Crippen LogP contribution in [0.2, 0.25) is 0 Å². The van der Waals surface area contributed by atoms with Crippen molar-refractivity contribution >= 4 is 28.3 Å². The van der Waals surface area contributed by atoms with E-state index in [1.165, 1.54) is 12.1 Å². The van der Waals surface area contributed by atoms with Crippen LogP contribution in [0.15, 0.2) is 53.4 Å². The second-order valence-corrected chi connectivity index (χ2v) is 7.77. The number of halogens is 1. The predicted molar refractivity (Wildman–Crippen MR) is 110 cm³/mol. The molecule has 0 unspecified atom stereocenters. The van der Waals surface area contributed by atoms with Crippen molar-refractivity contribution in [3.63, 3.8) is 0 Å². The van der Waals surface area contributed by atoms with Gasteiger partial charge in [-0.15, -0.1) is 12.4 Å². The number of sulfonamides is 1. The number of rotatable bonds is 9. The Morgan fingerprint density at radius 2 is 1.74 bits per heavy atom. The van der Waals surface area contributed by atoms with Gasteiger partial charge in [0.1, 0.15) is 0 Å². The summed E-state index contributed by atoms with van der Waals surface area (Å²) in [6.45, 7) is 3.32. The molecule has 0 heterocycles. The summed E-state index contributed by atoms with van der Waals surface area (Å²) in [6, 6.07) is 13.9. The van der Waals surface area contributed by atoms with E-state index in [9.17, 15) is 13.2 Å². The molecule has 148 valence electrons. The highest BCUT2D eigenvalue weighted by Crippen LogP contribution is 2.16. The smallest absolute Gasteiger partial charge is 0.251 e. The van der Waals surface area contributed by atoms with Crippen LogP contribution in [0.4, 0.5) is 0 Å². The van der Waals surface area contributed by atoms with Gasteiger partial charge in [-0.1, -0.05) is 36.4 Å². The highest BCUT2D eigenvalue weighted by atomic mass is 35.5. The molecule has 0 aromatic heterocycles. The topological polar surface area (TPSA) is 87.3 Å². The fourth-order valence-corrected chi connectivity index (χ4v) is 3.48. The molecule has 0 atom stereocenters. The van der Waals surface area contributed by atoms with Crippen molar-refractivity contribution in [3.05, 3.63) is 65.2 Å². The number of hydrogen-bond donors (Lipinski definition) is 3. The first-order chi connectivity index (χ1) is 12.4. The second-order valence-electron chi connectivity index (χ2n) is 6.00. The average Bonchev–Trinajstić information content (AvgIpc) is 2.64. The molecule has 1 amide bonds. The molecule has 0 aliphatic carbocycles. The minimum absolute atomic E-state index is 0. The van der Waals surface area contributed by atoms with E-state index in [2.05, 4.69) is 15.4 Å². The average molecular weight is 412 g/mol. The quantitative estimate of drug-likeness (QED) is 0.552. The van der Waals surface area contributed by atoms with Crippen LogP contribution in [0.25, 0.3) is 0 Å². The Balaban J connectivity index is 0.00000364. The molecule has 0 saturated carbocycles. The molecule has 2 aromatic carbocycles. The van der Waals surface area contributed by atoms with Crippen molar-refractivity contribution in [2.45, 2.75) is 24.8 Å². The molecule has 3 N–H and O–H groups in total. The maximum Gasteiger partial charge on any atom is 0.251 e. The van der Waals surface area contributed by atoms with Crippen molar-refractivity contribution < 1.29 is 13.2 Å². The van der Waals surface area contributed by atoms with Gasteiger partial charge in [-0.3, -0.25) is 4.79 Å². The summed E-state index contributed by atoms with van der Waals surface area (Å²) in [6.07, 6.45) is 0.803. The largest absolute Gasteiger partial charge is 0.352 e. The summed E-state index contributed by atoms with van der Waals surface area (Å²) in [7, 11) is -1.85. The highest BCUT2D eigenvalue weighted by molar-refractivity contribution is 7.89. The molecule has 8 heteroatoms. The van der Waals surface area contributed by atoms with Crippen LogP contribution in [-0.2, 0) is 16.6 Å². The molecule has 0 saturated heterocycles. The molecule has 2 rings (SSSR count). The lowest BCUT2D eigenvalue weighted by Gasteiger charge is -2.11. The van der Waals surface area contributed by atoms with E-state index >= 15 is 0 Å². The van der Waals surface area contributed by atoms with Gasteiger partial charge in [-0.25, -0.2) is 13.1 Å². The Labute approximate surface area is 167 Å². The third-order valence-corrected chi connectivity index (χ3v) is 5.36. The molecular formula is C19H26ClN3O3S. The maximum atomic E-state index is 12.5. The Hall–Kier alpha value is -1.93. The molecule has 6 nitrogen and oxygen atoms in total. The van der Waals surface area contributed by atoms with E-state index in [0.29, 0.717) is 12.1 Å². The van der Waals surface area contributed by atoms with Crippen molar-refractivity contribution in [1.82, 2.24) is 15.4 Å². The van der Waals surface area contributed by atoms with Crippen LogP contribution in [0.1, 0.15) is 27.9 Å². The Morgan fingerprint density at radius 3 is 2.41 bits per heavy atom. The van der Waals surface area contributed by atoms with Gasteiger partial charge in [-0.2, -0.15) is 0 Å². The molecule has 0 spiro atoms. The van der Waals surface area contributed by atoms with E-state index in [4.69, 9.17) is 0 Å². The maximum absolute atomic E-state index is 12.5. The normalized spacial score (nSPS) is 10.9. The van der Waals surface area contributed by atoms with Gasteiger partial charge in [0.15, 0.2) is 0 Å². The SMILES string of the molecule is CNCCCNC(=O)c1cc(S(=O)(=O)NCc2ccccc2)ccc1C.Cl. The van der Waals surface area contributed by atoms with Crippen molar-refractivity contribution in [2.24, 2.45) is 0 Å². The standard InChI is InChI=1S/C19H25N3O3S.ClH/c1-15-9-10-17(13-18(15)19(23)21-12-6-11-20-2)26(24,25)22-14-16-7-4-3-5-8-16;/h3-5,7-10,13,20,22H,6,11-12,14H2,1-2H3,(H,21,23);1H. The second kappa shape index (κ2) is 11.0. The molecule has 0 radical (unpaired) electrons. The molecule has 0 aliphatic heterocycles. The first kappa shape index (κ1) is 23.1. The van der Waals surface area contributed by atoms with Gasteiger partial charge >= 0.3 is 0 Å². The lowest BCUT2D eigenvalue weighted by molar-refractivity contribution is 0.0952. The number of benzene rings is 2. The Kier molecular flexibility index (Phi) is 9.45. The Morgan fingerprint density at radius 1 is 1.04 bits per heavy atom. The molecule has 27 heavy (non-hydrogen) atoms. The summed E-state index contributed by atoms with van der Waals surface area (Å²) in [5.41, 5.74) is 1.97. The molecule has 0 bridgehead atoms.